The normalized spacial score (nSPS) is 11.2. The fourth-order valence-electron chi connectivity index (χ4n) is 1.04. The number of ether oxygens (including phenoxy) is 1. The van der Waals surface area contributed by atoms with Gasteiger partial charge in [-0.1, -0.05) is 0 Å². The molecule has 0 N–H and O–H groups in total. The number of benzene rings is 1. The smallest absolute Gasteiger partial charge is 0.316 e. The minimum atomic E-state index is -0.458. The minimum absolute atomic E-state index is 0.239. The first-order chi connectivity index (χ1) is 7.37. The fourth-order valence-corrected chi connectivity index (χ4v) is 1.72. The summed E-state index contributed by atoms with van der Waals surface area (Å²) in [6, 6.07) is 6.03. The van der Waals surface area contributed by atoms with E-state index in [1.54, 1.807) is 12.1 Å². The lowest BCUT2D eigenvalue weighted by Gasteiger charge is -2.19. The number of hydrogen-bond acceptors (Lipinski definition) is 3. The molecule has 0 fully saturated rings. The minimum Gasteiger partial charge on any atom is -0.459 e. The van der Waals surface area contributed by atoms with E-state index in [4.69, 9.17) is 4.74 Å². The average molecular weight is 242 g/mol. The van der Waals surface area contributed by atoms with Crippen molar-refractivity contribution in [2.24, 2.45) is 0 Å². The van der Waals surface area contributed by atoms with Crippen LogP contribution in [0, 0.1) is 5.82 Å². The summed E-state index contributed by atoms with van der Waals surface area (Å²) in [6.07, 6.45) is 0. The zero-order valence-electron chi connectivity index (χ0n) is 9.62. The molecule has 1 aromatic carbocycles. The van der Waals surface area contributed by atoms with E-state index < -0.39 is 5.60 Å². The van der Waals surface area contributed by atoms with Crippen molar-refractivity contribution < 1.29 is 13.9 Å². The predicted molar refractivity (Wildman–Crippen MR) is 63.0 cm³/mol. The number of hydrogen-bond donors (Lipinski definition) is 0. The molecule has 0 aromatic heterocycles. The maximum atomic E-state index is 12.6. The second kappa shape index (κ2) is 5.34. The van der Waals surface area contributed by atoms with Crippen molar-refractivity contribution in [3.63, 3.8) is 0 Å². The van der Waals surface area contributed by atoms with E-state index in [1.807, 2.05) is 20.8 Å². The van der Waals surface area contributed by atoms with Crippen LogP contribution >= 0.6 is 11.8 Å². The van der Waals surface area contributed by atoms with Gasteiger partial charge in [0.2, 0.25) is 0 Å². The van der Waals surface area contributed by atoms with Crippen LogP contribution in [0.1, 0.15) is 20.8 Å². The standard InChI is InChI=1S/C12H15FO2S/c1-12(2,3)15-11(14)8-16-10-6-4-9(13)5-7-10/h4-7H,8H2,1-3H3. The summed E-state index contributed by atoms with van der Waals surface area (Å²) in [5.74, 6) is -0.299. The summed E-state index contributed by atoms with van der Waals surface area (Å²) in [5.41, 5.74) is -0.458. The van der Waals surface area contributed by atoms with E-state index in [9.17, 15) is 9.18 Å². The van der Waals surface area contributed by atoms with Crippen molar-refractivity contribution in [1.29, 1.82) is 0 Å². The Morgan fingerprint density at radius 2 is 1.88 bits per heavy atom. The number of carbonyl (C=O) groups excluding carboxylic acids is 1. The molecule has 2 nitrogen and oxygen atoms in total. The monoisotopic (exact) mass is 242 g/mol. The zero-order chi connectivity index (χ0) is 12.2. The summed E-state index contributed by atoms with van der Waals surface area (Å²) in [7, 11) is 0. The van der Waals surface area contributed by atoms with E-state index in [0.717, 1.165) is 4.90 Å². The molecular weight excluding hydrogens is 227 g/mol. The summed E-state index contributed by atoms with van der Waals surface area (Å²) in [6.45, 7) is 5.48. The molecule has 0 bridgehead atoms. The Bertz CT molecular complexity index is 354. The molecular formula is C12H15FO2S. The van der Waals surface area contributed by atoms with Crippen molar-refractivity contribution in [1.82, 2.24) is 0 Å². The number of esters is 1. The molecule has 0 radical (unpaired) electrons. The van der Waals surface area contributed by atoms with E-state index in [0.29, 0.717) is 0 Å². The fraction of sp³-hybridized carbons (Fsp3) is 0.417. The van der Waals surface area contributed by atoms with Crippen molar-refractivity contribution in [2.45, 2.75) is 31.3 Å². The van der Waals surface area contributed by atoms with Crippen LogP contribution in [0.5, 0.6) is 0 Å². The first kappa shape index (κ1) is 13.0. The largest absolute Gasteiger partial charge is 0.459 e. The number of rotatable bonds is 3. The highest BCUT2D eigenvalue weighted by molar-refractivity contribution is 8.00. The molecule has 88 valence electrons. The van der Waals surface area contributed by atoms with Crippen molar-refractivity contribution in [2.75, 3.05) is 5.75 Å². The quantitative estimate of drug-likeness (QED) is 0.601. The second-order valence-electron chi connectivity index (χ2n) is 4.33. The molecule has 0 saturated carbocycles. The van der Waals surface area contributed by atoms with Gasteiger partial charge in [-0.2, -0.15) is 0 Å². The lowest BCUT2D eigenvalue weighted by Crippen LogP contribution is -2.24. The molecule has 0 heterocycles. The van der Waals surface area contributed by atoms with Gasteiger partial charge in [-0.05, 0) is 45.0 Å². The maximum Gasteiger partial charge on any atom is 0.316 e. The first-order valence-corrected chi connectivity index (χ1v) is 5.95. The van der Waals surface area contributed by atoms with Crippen LogP contribution in [0.4, 0.5) is 4.39 Å². The van der Waals surface area contributed by atoms with Crippen LogP contribution in [-0.2, 0) is 9.53 Å². The van der Waals surface area contributed by atoms with Gasteiger partial charge in [-0.15, -0.1) is 11.8 Å². The highest BCUT2D eigenvalue weighted by Crippen LogP contribution is 2.19. The van der Waals surface area contributed by atoms with Crippen LogP contribution in [0.25, 0.3) is 0 Å². The van der Waals surface area contributed by atoms with Gasteiger partial charge >= 0.3 is 5.97 Å². The molecule has 0 atom stereocenters. The van der Waals surface area contributed by atoms with Gasteiger partial charge in [0.05, 0.1) is 5.75 Å². The van der Waals surface area contributed by atoms with E-state index >= 15 is 0 Å². The van der Waals surface area contributed by atoms with E-state index in [-0.39, 0.29) is 17.5 Å². The van der Waals surface area contributed by atoms with Gasteiger partial charge in [0.25, 0.3) is 0 Å². The molecule has 0 aliphatic rings. The Hall–Kier alpha value is -1.03. The Morgan fingerprint density at radius 3 is 2.38 bits per heavy atom. The molecule has 4 heteroatoms. The van der Waals surface area contributed by atoms with Crippen molar-refractivity contribution in [3.8, 4) is 0 Å². The lowest BCUT2D eigenvalue weighted by molar-refractivity contribution is -0.151. The highest BCUT2D eigenvalue weighted by Gasteiger charge is 2.16. The highest BCUT2D eigenvalue weighted by atomic mass is 32.2. The van der Waals surface area contributed by atoms with Gasteiger partial charge in [0.15, 0.2) is 0 Å². The zero-order valence-corrected chi connectivity index (χ0v) is 10.4. The number of thioether (sulfide) groups is 1. The van der Waals surface area contributed by atoms with Crippen LogP contribution in [0.3, 0.4) is 0 Å². The number of carbonyl (C=O) groups is 1. The van der Waals surface area contributed by atoms with Crippen molar-refractivity contribution in [3.05, 3.63) is 30.1 Å². The Labute approximate surface area is 99.2 Å². The van der Waals surface area contributed by atoms with E-state index in [2.05, 4.69) is 0 Å². The maximum absolute atomic E-state index is 12.6. The Kier molecular flexibility index (Phi) is 4.35. The third-order valence-corrected chi connectivity index (χ3v) is 2.58. The second-order valence-corrected chi connectivity index (χ2v) is 5.38. The first-order valence-electron chi connectivity index (χ1n) is 4.97. The predicted octanol–water partition coefficient (Wildman–Crippen LogP) is 3.26. The summed E-state index contributed by atoms with van der Waals surface area (Å²) < 4.78 is 17.8. The van der Waals surface area contributed by atoms with Gasteiger partial charge in [0.1, 0.15) is 11.4 Å². The van der Waals surface area contributed by atoms with Crippen LogP contribution in [-0.4, -0.2) is 17.3 Å². The third-order valence-electron chi connectivity index (χ3n) is 1.59. The summed E-state index contributed by atoms with van der Waals surface area (Å²) in [5, 5.41) is 0. The summed E-state index contributed by atoms with van der Waals surface area (Å²) in [4.78, 5) is 12.2. The van der Waals surface area contributed by atoms with Crippen LogP contribution in [0.15, 0.2) is 29.2 Å². The SMILES string of the molecule is CC(C)(C)OC(=O)CSc1ccc(F)cc1. The van der Waals surface area contributed by atoms with Gasteiger partial charge in [-0.25, -0.2) is 4.39 Å². The molecule has 1 rings (SSSR count). The molecule has 0 unspecified atom stereocenters. The molecule has 0 saturated heterocycles. The third kappa shape index (κ3) is 5.16. The Morgan fingerprint density at radius 1 is 1.31 bits per heavy atom. The molecule has 0 aliphatic heterocycles. The average Bonchev–Trinajstić information content (AvgIpc) is 2.14. The topological polar surface area (TPSA) is 26.3 Å². The van der Waals surface area contributed by atoms with E-state index in [1.165, 1.54) is 23.9 Å². The van der Waals surface area contributed by atoms with Crippen LogP contribution in [0.2, 0.25) is 0 Å². The van der Waals surface area contributed by atoms with Crippen molar-refractivity contribution >= 4 is 17.7 Å². The van der Waals surface area contributed by atoms with Crippen LogP contribution < -0.4 is 0 Å². The lowest BCUT2D eigenvalue weighted by atomic mass is 10.2. The van der Waals surface area contributed by atoms with Gasteiger partial charge in [-0.3, -0.25) is 4.79 Å². The molecule has 0 spiro atoms. The van der Waals surface area contributed by atoms with Gasteiger partial charge < -0.3 is 4.74 Å². The Balaban J connectivity index is 2.40. The molecule has 0 aliphatic carbocycles. The molecule has 16 heavy (non-hydrogen) atoms. The molecule has 0 amide bonds. The summed E-state index contributed by atoms with van der Waals surface area (Å²) >= 11 is 1.34. The number of halogens is 1. The molecule has 1 aromatic rings. The van der Waals surface area contributed by atoms with Gasteiger partial charge in [0, 0.05) is 4.90 Å².